The SMILES string of the molecule is CN(C)CCOc1c(Br)cc(Cl)cc1CNc1ccccn1. The smallest absolute Gasteiger partial charge is 0.138 e. The molecule has 0 bridgehead atoms. The van der Waals surface area contributed by atoms with Crippen molar-refractivity contribution in [3.8, 4) is 5.75 Å². The maximum absolute atomic E-state index is 6.15. The lowest BCUT2D eigenvalue weighted by atomic mass is 10.2. The summed E-state index contributed by atoms with van der Waals surface area (Å²) < 4.78 is 6.77. The zero-order valence-electron chi connectivity index (χ0n) is 12.6. The molecule has 0 saturated heterocycles. The molecular formula is C16H19BrClN3O. The number of rotatable bonds is 7. The van der Waals surface area contributed by atoms with Gasteiger partial charge in [-0.15, -0.1) is 0 Å². The second kappa shape index (κ2) is 8.36. The summed E-state index contributed by atoms with van der Waals surface area (Å²) >= 11 is 9.68. The Bertz CT molecular complexity index is 608. The van der Waals surface area contributed by atoms with Crippen molar-refractivity contribution in [3.63, 3.8) is 0 Å². The molecule has 0 unspecified atom stereocenters. The third-order valence-electron chi connectivity index (χ3n) is 3.00. The Kier molecular flexibility index (Phi) is 6.49. The van der Waals surface area contributed by atoms with Gasteiger partial charge in [0.1, 0.15) is 18.2 Å². The topological polar surface area (TPSA) is 37.4 Å². The van der Waals surface area contributed by atoms with E-state index in [0.717, 1.165) is 28.1 Å². The summed E-state index contributed by atoms with van der Waals surface area (Å²) in [5, 5.41) is 3.94. The first-order valence-electron chi connectivity index (χ1n) is 6.96. The summed E-state index contributed by atoms with van der Waals surface area (Å²) in [4.78, 5) is 6.33. The summed E-state index contributed by atoms with van der Waals surface area (Å²) in [6.07, 6.45) is 1.75. The van der Waals surface area contributed by atoms with Gasteiger partial charge in [0.25, 0.3) is 0 Å². The highest BCUT2D eigenvalue weighted by atomic mass is 79.9. The van der Waals surface area contributed by atoms with Crippen LogP contribution in [0.2, 0.25) is 5.02 Å². The molecule has 22 heavy (non-hydrogen) atoms. The third kappa shape index (κ3) is 5.16. The molecule has 0 amide bonds. The molecule has 1 aromatic carbocycles. The molecule has 1 heterocycles. The van der Waals surface area contributed by atoms with Gasteiger partial charge < -0.3 is 15.0 Å². The first-order chi connectivity index (χ1) is 10.6. The van der Waals surface area contributed by atoms with Crippen molar-refractivity contribution >= 4 is 33.3 Å². The van der Waals surface area contributed by atoms with E-state index in [-0.39, 0.29) is 0 Å². The summed E-state index contributed by atoms with van der Waals surface area (Å²) in [7, 11) is 4.04. The van der Waals surface area contributed by atoms with E-state index >= 15 is 0 Å². The van der Waals surface area contributed by atoms with E-state index in [4.69, 9.17) is 16.3 Å². The van der Waals surface area contributed by atoms with Gasteiger partial charge in [-0.2, -0.15) is 0 Å². The molecule has 0 aliphatic rings. The van der Waals surface area contributed by atoms with Crippen LogP contribution in [0.15, 0.2) is 41.0 Å². The van der Waals surface area contributed by atoms with Crippen molar-refractivity contribution in [2.75, 3.05) is 32.6 Å². The van der Waals surface area contributed by atoms with Crippen LogP contribution in [-0.4, -0.2) is 37.1 Å². The van der Waals surface area contributed by atoms with Gasteiger partial charge in [-0.25, -0.2) is 4.98 Å². The van der Waals surface area contributed by atoms with Crippen molar-refractivity contribution in [1.82, 2.24) is 9.88 Å². The fraction of sp³-hybridized carbons (Fsp3) is 0.312. The molecule has 1 aromatic heterocycles. The van der Waals surface area contributed by atoms with Gasteiger partial charge in [-0.3, -0.25) is 0 Å². The first-order valence-corrected chi connectivity index (χ1v) is 8.13. The predicted octanol–water partition coefficient (Wildman–Crippen LogP) is 4.05. The van der Waals surface area contributed by atoms with Crippen molar-refractivity contribution < 1.29 is 4.74 Å². The Balaban J connectivity index is 2.10. The molecule has 2 aromatic rings. The molecule has 0 aliphatic carbocycles. The van der Waals surface area contributed by atoms with E-state index in [2.05, 4.69) is 31.1 Å². The van der Waals surface area contributed by atoms with E-state index < -0.39 is 0 Å². The average Bonchev–Trinajstić information content (AvgIpc) is 2.48. The highest BCUT2D eigenvalue weighted by Crippen LogP contribution is 2.33. The number of ether oxygens (including phenoxy) is 1. The summed E-state index contributed by atoms with van der Waals surface area (Å²) in [6, 6.07) is 9.50. The van der Waals surface area contributed by atoms with Crippen molar-refractivity contribution in [2.24, 2.45) is 0 Å². The molecular weight excluding hydrogens is 366 g/mol. The molecule has 6 heteroatoms. The number of anilines is 1. The lowest BCUT2D eigenvalue weighted by Crippen LogP contribution is -2.20. The average molecular weight is 385 g/mol. The maximum Gasteiger partial charge on any atom is 0.138 e. The van der Waals surface area contributed by atoms with Crippen LogP contribution >= 0.6 is 27.5 Å². The number of hydrogen-bond donors (Lipinski definition) is 1. The van der Waals surface area contributed by atoms with Gasteiger partial charge in [0.05, 0.1) is 4.47 Å². The predicted molar refractivity (Wildman–Crippen MR) is 94.8 cm³/mol. The van der Waals surface area contributed by atoms with Crippen LogP contribution in [0.3, 0.4) is 0 Å². The zero-order valence-corrected chi connectivity index (χ0v) is 15.0. The van der Waals surface area contributed by atoms with Crippen LogP contribution in [-0.2, 0) is 6.54 Å². The zero-order chi connectivity index (χ0) is 15.9. The van der Waals surface area contributed by atoms with Crippen LogP contribution in [0.5, 0.6) is 5.75 Å². The highest BCUT2D eigenvalue weighted by Gasteiger charge is 2.11. The van der Waals surface area contributed by atoms with Crippen molar-refractivity contribution in [1.29, 1.82) is 0 Å². The molecule has 1 N–H and O–H groups in total. The standard InChI is InChI=1S/C16H19BrClN3O/c1-21(2)7-8-22-16-12(9-13(18)10-14(16)17)11-20-15-5-3-4-6-19-15/h3-6,9-10H,7-8,11H2,1-2H3,(H,19,20). The van der Waals surface area contributed by atoms with Gasteiger partial charge in [-0.05, 0) is 54.3 Å². The fourth-order valence-electron chi connectivity index (χ4n) is 1.89. The lowest BCUT2D eigenvalue weighted by molar-refractivity contribution is 0.258. The Morgan fingerprint density at radius 2 is 2.14 bits per heavy atom. The summed E-state index contributed by atoms with van der Waals surface area (Å²) in [5.74, 6) is 1.63. The minimum atomic E-state index is 0.591. The summed E-state index contributed by atoms with van der Waals surface area (Å²) in [5.41, 5.74) is 0.990. The van der Waals surface area contributed by atoms with Crippen LogP contribution in [0.25, 0.3) is 0 Å². The number of pyridine rings is 1. The van der Waals surface area contributed by atoms with Gasteiger partial charge in [0.15, 0.2) is 0 Å². The maximum atomic E-state index is 6.15. The van der Waals surface area contributed by atoms with Crippen LogP contribution in [0.4, 0.5) is 5.82 Å². The molecule has 0 radical (unpaired) electrons. The normalized spacial score (nSPS) is 10.8. The molecule has 0 fully saturated rings. The number of aromatic nitrogens is 1. The van der Waals surface area contributed by atoms with E-state index in [1.54, 1.807) is 6.20 Å². The van der Waals surface area contributed by atoms with E-state index in [0.29, 0.717) is 18.2 Å². The fourth-order valence-corrected chi connectivity index (χ4v) is 2.88. The molecule has 118 valence electrons. The number of nitrogens with zero attached hydrogens (tertiary/aromatic N) is 2. The molecule has 0 aliphatic heterocycles. The lowest BCUT2D eigenvalue weighted by Gasteiger charge is -2.16. The van der Waals surface area contributed by atoms with Crippen LogP contribution < -0.4 is 10.1 Å². The monoisotopic (exact) mass is 383 g/mol. The van der Waals surface area contributed by atoms with Gasteiger partial charge >= 0.3 is 0 Å². The van der Waals surface area contributed by atoms with Crippen molar-refractivity contribution in [2.45, 2.75) is 6.54 Å². The number of nitrogens with one attached hydrogen (secondary N) is 1. The van der Waals surface area contributed by atoms with Crippen LogP contribution in [0, 0.1) is 0 Å². The molecule has 0 atom stereocenters. The van der Waals surface area contributed by atoms with Crippen molar-refractivity contribution in [3.05, 3.63) is 51.6 Å². The van der Waals surface area contributed by atoms with Gasteiger partial charge in [-0.1, -0.05) is 17.7 Å². The number of likely N-dealkylation sites (N-methyl/N-ethyl adjacent to an activating group) is 1. The first kappa shape index (κ1) is 17.1. The van der Waals surface area contributed by atoms with Gasteiger partial charge in [0, 0.05) is 29.9 Å². The highest BCUT2D eigenvalue weighted by molar-refractivity contribution is 9.10. The Hall–Kier alpha value is -1.30. The molecule has 0 saturated carbocycles. The third-order valence-corrected chi connectivity index (χ3v) is 3.80. The van der Waals surface area contributed by atoms with E-state index in [1.165, 1.54) is 0 Å². The second-order valence-electron chi connectivity index (χ2n) is 5.10. The molecule has 4 nitrogen and oxygen atoms in total. The molecule has 2 rings (SSSR count). The van der Waals surface area contributed by atoms with Crippen LogP contribution in [0.1, 0.15) is 5.56 Å². The van der Waals surface area contributed by atoms with E-state index in [1.807, 2.05) is 44.4 Å². The summed E-state index contributed by atoms with van der Waals surface area (Å²) in [6.45, 7) is 2.06. The Labute approximate surface area is 144 Å². The Morgan fingerprint density at radius 1 is 1.32 bits per heavy atom. The Morgan fingerprint density at radius 3 is 2.82 bits per heavy atom. The molecule has 0 spiro atoms. The minimum absolute atomic E-state index is 0.591. The minimum Gasteiger partial charge on any atom is -0.491 e. The second-order valence-corrected chi connectivity index (χ2v) is 6.39. The number of hydrogen-bond acceptors (Lipinski definition) is 4. The number of halogens is 2. The quantitative estimate of drug-likeness (QED) is 0.781. The number of benzene rings is 1. The van der Waals surface area contributed by atoms with E-state index in [9.17, 15) is 0 Å². The largest absolute Gasteiger partial charge is 0.491 e. The van der Waals surface area contributed by atoms with Gasteiger partial charge in [0.2, 0.25) is 0 Å².